The van der Waals surface area contributed by atoms with Crippen LogP contribution in [0.3, 0.4) is 0 Å². The summed E-state index contributed by atoms with van der Waals surface area (Å²) >= 11 is 0. The minimum atomic E-state index is -4.18. The number of nitro benzene ring substituents is 1. The van der Waals surface area contributed by atoms with E-state index in [0.717, 1.165) is 24.8 Å². The summed E-state index contributed by atoms with van der Waals surface area (Å²) < 4.78 is 54.1. The van der Waals surface area contributed by atoms with E-state index in [1.165, 1.54) is 12.1 Å². The molecule has 0 heterocycles. The summed E-state index contributed by atoms with van der Waals surface area (Å²) in [5, 5.41) is 10.9. The molecule has 0 saturated carbocycles. The van der Waals surface area contributed by atoms with Gasteiger partial charge in [-0.3, -0.25) is 14.3 Å². The summed E-state index contributed by atoms with van der Waals surface area (Å²) in [6.45, 7) is 1.59. The van der Waals surface area contributed by atoms with Gasteiger partial charge < -0.3 is 0 Å². The Morgan fingerprint density at radius 3 is 2.42 bits per heavy atom. The molecule has 0 spiro atoms. The van der Waals surface area contributed by atoms with Gasteiger partial charge in [-0.2, -0.15) is 8.42 Å². The van der Waals surface area contributed by atoms with Crippen molar-refractivity contribution in [1.29, 1.82) is 0 Å². The predicted octanol–water partition coefficient (Wildman–Crippen LogP) is 1.41. The lowest BCUT2D eigenvalue weighted by atomic mass is 10.2. The van der Waals surface area contributed by atoms with Crippen molar-refractivity contribution in [1.82, 2.24) is 4.72 Å². The average Bonchev–Trinajstić information content (AvgIpc) is 2.48. The maximum absolute atomic E-state index is 12.3. The average molecular weight is 380 g/mol. The van der Waals surface area contributed by atoms with Crippen LogP contribution < -0.4 is 4.72 Å². The first-order chi connectivity index (χ1) is 11.1. The summed E-state index contributed by atoms with van der Waals surface area (Å²) in [6, 6.07) is 4.91. The molecule has 0 saturated heterocycles. The molecule has 0 radical (unpaired) electrons. The summed E-state index contributed by atoms with van der Waals surface area (Å²) in [7, 11) is -7.93. The zero-order valence-corrected chi connectivity index (χ0v) is 15.0. The maximum Gasteiger partial charge on any atom is 0.289 e. The lowest BCUT2D eigenvalue weighted by Crippen LogP contribution is -2.35. The maximum atomic E-state index is 12.3. The molecule has 0 aliphatic rings. The predicted molar refractivity (Wildman–Crippen MR) is 87.5 cm³/mol. The van der Waals surface area contributed by atoms with Crippen LogP contribution in [0.1, 0.15) is 26.2 Å². The normalized spacial score (nSPS) is 13.6. The highest BCUT2D eigenvalue weighted by atomic mass is 32.2. The largest absolute Gasteiger partial charge is 0.289 e. The van der Waals surface area contributed by atoms with Gasteiger partial charge in [-0.05, 0) is 12.5 Å². The Kier molecular flexibility index (Phi) is 7.27. The van der Waals surface area contributed by atoms with Crippen molar-refractivity contribution in [2.75, 3.05) is 12.8 Å². The molecule has 1 aromatic rings. The highest BCUT2D eigenvalue weighted by Gasteiger charge is 2.26. The molecule has 0 aliphatic heterocycles. The molecule has 0 aliphatic carbocycles. The topological polar surface area (TPSA) is 133 Å². The zero-order valence-electron chi connectivity index (χ0n) is 13.3. The molecule has 0 aromatic heterocycles. The van der Waals surface area contributed by atoms with Crippen LogP contribution in [0.15, 0.2) is 29.2 Å². The molecule has 24 heavy (non-hydrogen) atoms. The minimum absolute atomic E-state index is 0.304. The van der Waals surface area contributed by atoms with Crippen LogP contribution in [-0.4, -0.2) is 40.7 Å². The van der Waals surface area contributed by atoms with Gasteiger partial charge in [-0.1, -0.05) is 31.9 Å². The molecule has 9 nitrogen and oxygen atoms in total. The summed E-state index contributed by atoms with van der Waals surface area (Å²) in [4.78, 5) is 9.67. The Bertz CT molecular complexity index is 775. The fourth-order valence-corrected chi connectivity index (χ4v) is 3.87. The molecular weight excluding hydrogens is 360 g/mol. The lowest BCUT2D eigenvalue weighted by Gasteiger charge is -2.16. The van der Waals surface area contributed by atoms with Crippen molar-refractivity contribution in [3.05, 3.63) is 34.4 Å². The number of rotatable bonds is 10. The molecule has 0 bridgehead atoms. The molecule has 1 rings (SSSR count). The summed E-state index contributed by atoms with van der Waals surface area (Å²) in [5.74, 6) is 0. The van der Waals surface area contributed by atoms with Gasteiger partial charge in [0.25, 0.3) is 15.8 Å². The van der Waals surface area contributed by atoms with E-state index in [9.17, 15) is 26.9 Å². The molecule has 0 amide bonds. The summed E-state index contributed by atoms with van der Waals surface area (Å²) in [6.07, 6.45) is 1.76. The van der Waals surface area contributed by atoms with Gasteiger partial charge in [0, 0.05) is 12.6 Å². The Labute approximate surface area is 141 Å². The fourth-order valence-electron chi connectivity index (χ4n) is 1.98. The van der Waals surface area contributed by atoms with Crippen LogP contribution in [0.2, 0.25) is 0 Å². The van der Waals surface area contributed by atoms with Crippen LogP contribution in [0.25, 0.3) is 0 Å². The monoisotopic (exact) mass is 380 g/mol. The van der Waals surface area contributed by atoms with Crippen molar-refractivity contribution in [2.45, 2.75) is 37.2 Å². The Hall–Kier alpha value is -1.56. The van der Waals surface area contributed by atoms with E-state index in [2.05, 4.69) is 4.72 Å². The Morgan fingerprint density at radius 2 is 1.88 bits per heavy atom. The highest BCUT2D eigenvalue weighted by molar-refractivity contribution is 7.89. The van der Waals surface area contributed by atoms with Gasteiger partial charge in [-0.15, -0.1) is 0 Å². The van der Waals surface area contributed by atoms with Gasteiger partial charge in [0.2, 0.25) is 10.0 Å². The fraction of sp³-hybridized carbons (Fsp3) is 0.538. The van der Waals surface area contributed by atoms with Crippen molar-refractivity contribution in [2.24, 2.45) is 0 Å². The van der Waals surface area contributed by atoms with Crippen LogP contribution in [-0.2, 0) is 24.3 Å². The molecule has 11 heteroatoms. The smallest absolute Gasteiger partial charge is 0.266 e. The third kappa shape index (κ3) is 6.51. The standard InChI is InChI=1S/C13H20N2O7S2/c1-3-4-7-11(22-23(2,18)19)10-14-24(20,21)13-9-6-5-8-12(13)15(16)17/h5-6,8-9,11,14H,3-4,7,10H2,1-2H3/t11-/m0/s1. The van der Waals surface area contributed by atoms with Crippen molar-refractivity contribution < 1.29 is 25.9 Å². The number of benzene rings is 1. The Balaban J connectivity index is 2.94. The number of nitro groups is 1. The number of unbranched alkanes of at least 4 members (excludes halogenated alkanes) is 1. The van der Waals surface area contributed by atoms with Crippen LogP contribution in [0.4, 0.5) is 5.69 Å². The first-order valence-corrected chi connectivity index (χ1v) is 10.5. The number of nitrogens with one attached hydrogen (secondary N) is 1. The van der Waals surface area contributed by atoms with Crippen molar-refractivity contribution in [3.8, 4) is 0 Å². The molecule has 0 fully saturated rings. The third-order valence-electron chi connectivity index (χ3n) is 3.04. The molecular formula is C13H20N2O7S2. The van der Waals surface area contributed by atoms with Crippen molar-refractivity contribution >= 4 is 25.8 Å². The van der Waals surface area contributed by atoms with E-state index in [1.54, 1.807) is 0 Å². The first kappa shape index (κ1) is 20.5. The van der Waals surface area contributed by atoms with E-state index in [4.69, 9.17) is 4.18 Å². The second kappa shape index (κ2) is 8.51. The Morgan fingerprint density at radius 1 is 1.25 bits per heavy atom. The number of para-hydroxylation sites is 1. The van der Waals surface area contributed by atoms with Gasteiger partial charge in [0.05, 0.1) is 17.3 Å². The minimum Gasteiger partial charge on any atom is -0.266 e. The van der Waals surface area contributed by atoms with Gasteiger partial charge in [0.1, 0.15) is 0 Å². The van der Waals surface area contributed by atoms with E-state index >= 15 is 0 Å². The number of nitrogens with zero attached hydrogens (tertiary/aromatic N) is 1. The van der Waals surface area contributed by atoms with Gasteiger partial charge >= 0.3 is 0 Å². The quantitative estimate of drug-likeness (QED) is 0.368. The molecule has 1 N–H and O–H groups in total. The van der Waals surface area contributed by atoms with Crippen LogP contribution >= 0.6 is 0 Å². The number of hydrogen-bond acceptors (Lipinski definition) is 7. The molecule has 0 unspecified atom stereocenters. The van der Waals surface area contributed by atoms with Crippen molar-refractivity contribution in [3.63, 3.8) is 0 Å². The lowest BCUT2D eigenvalue weighted by molar-refractivity contribution is -0.387. The van der Waals surface area contributed by atoms with E-state index in [1.807, 2.05) is 6.92 Å². The van der Waals surface area contributed by atoms with E-state index in [-0.39, 0.29) is 6.54 Å². The molecule has 1 atom stereocenters. The van der Waals surface area contributed by atoms with E-state index < -0.39 is 41.8 Å². The van der Waals surface area contributed by atoms with E-state index in [0.29, 0.717) is 12.8 Å². The number of hydrogen-bond donors (Lipinski definition) is 1. The van der Waals surface area contributed by atoms with Crippen LogP contribution in [0.5, 0.6) is 0 Å². The third-order valence-corrected chi connectivity index (χ3v) is 5.14. The van der Waals surface area contributed by atoms with Gasteiger partial charge in [0.15, 0.2) is 4.90 Å². The second-order valence-electron chi connectivity index (χ2n) is 5.14. The van der Waals surface area contributed by atoms with Gasteiger partial charge in [-0.25, -0.2) is 13.1 Å². The molecule has 136 valence electrons. The first-order valence-electron chi connectivity index (χ1n) is 7.18. The summed E-state index contributed by atoms with van der Waals surface area (Å²) in [5.41, 5.74) is -0.556. The zero-order chi connectivity index (χ0) is 18.4. The number of sulfonamides is 1. The SMILES string of the molecule is CCCC[C@@H](CNS(=O)(=O)c1ccccc1[N+](=O)[O-])OS(C)(=O)=O. The highest BCUT2D eigenvalue weighted by Crippen LogP contribution is 2.22. The molecule has 1 aromatic carbocycles. The van der Waals surface area contributed by atoms with Crippen LogP contribution in [0, 0.1) is 10.1 Å². The second-order valence-corrected chi connectivity index (χ2v) is 8.48.